The van der Waals surface area contributed by atoms with Crippen LogP contribution >= 0.6 is 0 Å². The molecule has 2 atom stereocenters. The van der Waals surface area contributed by atoms with Crippen molar-refractivity contribution in [3.63, 3.8) is 0 Å². The Labute approximate surface area is 84.9 Å². The largest absolute Gasteiger partial charge is 0.436 e. The Bertz CT molecular complexity index is 158. The third-order valence-corrected chi connectivity index (χ3v) is 2.10. The van der Waals surface area contributed by atoms with Crippen LogP contribution in [0.2, 0.25) is 0 Å². The van der Waals surface area contributed by atoms with Gasteiger partial charge in [-0.25, -0.2) is 0 Å². The van der Waals surface area contributed by atoms with Crippen LogP contribution in [-0.4, -0.2) is 29.1 Å². The van der Waals surface area contributed by atoms with Gasteiger partial charge >= 0.3 is 5.97 Å². The molecule has 0 saturated carbocycles. The van der Waals surface area contributed by atoms with E-state index in [4.69, 9.17) is 5.11 Å². The maximum Gasteiger partial charge on any atom is 0.304 e. The zero-order chi connectivity index (χ0) is 11.0. The van der Waals surface area contributed by atoms with Gasteiger partial charge in [-0.05, 0) is 6.42 Å². The average Bonchev–Trinajstić information content (AvgIpc) is 2.11. The van der Waals surface area contributed by atoms with E-state index >= 15 is 0 Å². The van der Waals surface area contributed by atoms with Gasteiger partial charge in [-0.15, -0.1) is 0 Å². The zero-order valence-corrected chi connectivity index (χ0v) is 8.90. The van der Waals surface area contributed by atoms with E-state index in [-0.39, 0.29) is 12.5 Å². The number of unbranched alkanes of at least 4 members (excludes halogenated alkanes) is 2. The fourth-order valence-electron chi connectivity index (χ4n) is 1.25. The second-order valence-electron chi connectivity index (χ2n) is 3.44. The van der Waals surface area contributed by atoms with E-state index in [9.17, 15) is 9.90 Å². The molecule has 0 radical (unpaired) electrons. The molecule has 84 valence electrons. The molecule has 4 heteroatoms. The standard InChI is InChI=1S/C10H20O4/c1-3-4-5-6-9(7-11)10(13)14-8(2)12/h9-11,13H,3-7H2,1-2H3/t9?,10-/m0/s1. The van der Waals surface area contributed by atoms with Gasteiger partial charge < -0.3 is 14.9 Å². The summed E-state index contributed by atoms with van der Waals surface area (Å²) >= 11 is 0. The second kappa shape index (κ2) is 7.76. The van der Waals surface area contributed by atoms with Crippen molar-refractivity contribution < 1.29 is 19.7 Å². The fourth-order valence-corrected chi connectivity index (χ4v) is 1.25. The first-order valence-corrected chi connectivity index (χ1v) is 5.08. The highest BCUT2D eigenvalue weighted by atomic mass is 16.6. The topological polar surface area (TPSA) is 66.8 Å². The van der Waals surface area contributed by atoms with Crippen LogP contribution in [0.25, 0.3) is 0 Å². The lowest BCUT2D eigenvalue weighted by Gasteiger charge is -2.19. The molecule has 0 aromatic carbocycles. The van der Waals surface area contributed by atoms with Crippen LogP contribution in [-0.2, 0) is 9.53 Å². The summed E-state index contributed by atoms with van der Waals surface area (Å²) in [6.45, 7) is 3.16. The number of ether oxygens (including phenoxy) is 1. The molecular formula is C10H20O4. The summed E-state index contributed by atoms with van der Waals surface area (Å²) in [6, 6.07) is 0. The number of aliphatic hydroxyl groups excluding tert-OH is 2. The Hall–Kier alpha value is -0.610. The van der Waals surface area contributed by atoms with Crippen molar-refractivity contribution in [1.82, 2.24) is 0 Å². The Kier molecular flexibility index (Phi) is 7.42. The quantitative estimate of drug-likeness (QED) is 0.369. The Morgan fingerprint density at radius 1 is 1.43 bits per heavy atom. The molecule has 0 spiro atoms. The Morgan fingerprint density at radius 2 is 2.07 bits per heavy atom. The third-order valence-electron chi connectivity index (χ3n) is 2.10. The first-order valence-electron chi connectivity index (χ1n) is 5.08. The zero-order valence-electron chi connectivity index (χ0n) is 8.90. The highest BCUT2D eigenvalue weighted by Crippen LogP contribution is 2.14. The lowest BCUT2D eigenvalue weighted by Crippen LogP contribution is -2.28. The van der Waals surface area contributed by atoms with E-state index in [2.05, 4.69) is 11.7 Å². The van der Waals surface area contributed by atoms with Crippen molar-refractivity contribution >= 4 is 5.97 Å². The van der Waals surface area contributed by atoms with Gasteiger partial charge in [0, 0.05) is 12.8 Å². The summed E-state index contributed by atoms with van der Waals surface area (Å²) in [7, 11) is 0. The molecular weight excluding hydrogens is 184 g/mol. The van der Waals surface area contributed by atoms with E-state index in [1.54, 1.807) is 0 Å². The Morgan fingerprint density at radius 3 is 2.50 bits per heavy atom. The van der Waals surface area contributed by atoms with Crippen LogP contribution < -0.4 is 0 Å². The highest BCUT2D eigenvalue weighted by molar-refractivity contribution is 5.66. The van der Waals surface area contributed by atoms with Gasteiger partial charge in [-0.1, -0.05) is 26.2 Å². The minimum Gasteiger partial charge on any atom is -0.436 e. The first-order chi connectivity index (χ1) is 6.61. The van der Waals surface area contributed by atoms with E-state index in [0.29, 0.717) is 6.42 Å². The molecule has 4 nitrogen and oxygen atoms in total. The third kappa shape index (κ3) is 5.94. The summed E-state index contributed by atoms with van der Waals surface area (Å²) in [4.78, 5) is 10.5. The number of carbonyl (C=O) groups excluding carboxylic acids is 1. The van der Waals surface area contributed by atoms with Crippen LogP contribution in [0.4, 0.5) is 0 Å². The molecule has 0 aliphatic carbocycles. The molecule has 0 bridgehead atoms. The van der Waals surface area contributed by atoms with Gasteiger partial charge in [0.05, 0.1) is 6.61 Å². The smallest absolute Gasteiger partial charge is 0.304 e. The maximum absolute atomic E-state index is 10.5. The molecule has 0 rings (SSSR count). The summed E-state index contributed by atoms with van der Waals surface area (Å²) in [5.41, 5.74) is 0. The van der Waals surface area contributed by atoms with Crippen molar-refractivity contribution in [2.75, 3.05) is 6.61 Å². The normalized spacial score (nSPS) is 14.9. The van der Waals surface area contributed by atoms with Gasteiger partial charge in [0.25, 0.3) is 0 Å². The number of hydrogen-bond donors (Lipinski definition) is 2. The van der Waals surface area contributed by atoms with Crippen LogP contribution in [0.1, 0.15) is 39.5 Å². The molecule has 0 heterocycles. The van der Waals surface area contributed by atoms with Gasteiger partial charge in [0.15, 0.2) is 0 Å². The molecule has 1 unspecified atom stereocenters. The molecule has 0 aromatic heterocycles. The van der Waals surface area contributed by atoms with Gasteiger partial charge in [-0.3, -0.25) is 4.79 Å². The first kappa shape index (κ1) is 13.4. The number of esters is 1. The molecule has 0 aromatic rings. The van der Waals surface area contributed by atoms with Gasteiger partial charge in [0.2, 0.25) is 6.29 Å². The van der Waals surface area contributed by atoms with Crippen molar-refractivity contribution in [1.29, 1.82) is 0 Å². The summed E-state index contributed by atoms with van der Waals surface area (Å²) in [6.07, 6.45) is 2.58. The van der Waals surface area contributed by atoms with Crippen LogP contribution in [0, 0.1) is 5.92 Å². The second-order valence-corrected chi connectivity index (χ2v) is 3.44. The lowest BCUT2D eigenvalue weighted by atomic mass is 10.0. The summed E-state index contributed by atoms with van der Waals surface area (Å²) in [5, 5.41) is 18.3. The van der Waals surface area contributed by atoms with Gasteiger partial charge in [-0.2, -0.15) is 0 Å². The number of hydrogen-bond acceptors (Lipinski definition) is 4. The average molecular weight is 204 g/mol. The monoisotopic (exact) mass is 204 g/mol. The maximum atomic E-state index is 10.5. The van der Waals surface area contributed by atoms with E-state index in [1.165, 1.54) is 6.92 Å². The van der Waals surface area contributed by atoms with Crippen molar-refractivity contribution in [2.45, 2.75) is 45.8 Å². The predicted octanol–water partition coefficient (Wildman–Crippen LogP) is 1.06. The SMILES string of the molecule is CCCCCC(CO)[C@@H](O)OC(C)=O. The summed E-state index contributed by atoms with van der Waals surface area (Å²) in [5.74, 6) is -0.878. The fraction of sp³-hybridized carbons (Fsp3) is 0.900. The van der Waals surface area contributed by atoms with Crippen LogP contribution in [0.3, 0.4) is 0 Å². The minimum absolute atomic E-state index is 0.155. The molecule has 0 fully saturated rings. The number of carbonyl (C=O) groups is 1. The van der Waals surface area contributed by atoms with Crippen LogP contribution in [0.15, 0.2) is 0 Å². The van der Waals surface area contributed by atoms with Crippen molar-refractivity contribution in [3.8, 4) is 0 Å². The summed E-state index contributed by atoms with van der Waals surface area (Å²) < 4.78 is 4.59. The van der Waals surface area contributed by atoms with E-state index in [0.717, 1.165) is 19.3 Å². The minimum atomic E-state index is -1.17. The molecule has 0 saturated heterocycles. The predicted molar refractivity (Wildman–Crippen MR) is 52.5 cm³/mol. The number of rotatable bonds is 7. The van der Waals surface area contributed by atoms with E-state index < -0.39 is 12.3 Å². The molecule has 0 aliphatic heterocycles. The highest BCUT2D eigenvalue weighted by Gasteiger charge is 2.20. The van der Waals surface area contributed by atoms with Crippen molar-refractivity contribution in [2.24, 2.45) is 5.92 Å². The van der Waals surface area contributed by atoms with Crippen molar-refractivity contribution in [3.05, 3.63) is 0 Å². The lowest BCUT2D eigenvalue weighted by molar-refractivity contribution is -0.177. The molecule has 14 heavy (non-hydrogen) atoms. The van der Waals surface area contributed by atoms with Crippen LogP contribution in [0.5, 0.6) is 0 Å². The molecule has 0 aliphatic rings. The number of aliphatic hydroxyl groups is 2. The molecule has 2 N–H and O–H groups in total. The molecule has 0 amide bonds. The Balaban J connectivity index is 3.80. The van der Waals surface area contributed by atoms with E-state index in [1.807, 2.05) is 0 Å². The van der Waals surface area contributed by atoms with Gasteiger partial charge in [0.1, 0.15) is 0 Å².